The number of furan rings is 1. The van der Waals surface area contributed by atoms with Crippen LogP contribution in [0.15, 0.2) is 71.3 Å². The van der Waals surface area contributed by atoms with E-state index < -0.39 is 0 Å². The molecule has 1 atom stereocenters. The molecule has 1 aromatic heterocycles. The number of anilines is 1. The van der Waals surface area contributed by atoms with Crippen LogP contribution in [0.1, 0.15) is 68.0 Å². The number of hydrogen-bond acceptors (Lipinski definition) is 3. The van der Waals surface area contributed by atoms with Crippen LogP contribution in [0.5, 0.6) is 0 Å². The first-order valence-corrected chi connectivity index (χ1v) is 10.9. The second-order valence-corrected chi connectivity index (χ2v) is 8.38. The van der Waals surface area contributed by atoms with Gasteiger partial charge >= 0.3 is 6.03 Å². The molecule has 0 unspecified atom stereocenters. The highest BCUT2D eigenvalue weighted by molar-refractivity contribution is 5.91. The molecule has 3 rings (SSSR count). The van der Waals surface area contributed by atoms with Crippen molar-refractivity contribution in [1.29, 1.82) is 0 Å². The van der Waals surface area contributed by atoms with E-state index in [-0.39, 0.29) is 12.1 Å². The second-order valence-electron chi connectivity index (χ2n) is 8.38. The fraction of sp³-hybridized carbons (Fsp3) is 0.346. The van der Waals surface area contributed by atoms with Crippen molar-refractivity contribution in [3.8, 4) is 0 Å². The van der Waals surface area contributed by atoms with Crippen LogP contribution in [0.4, 0.5) is 10.5 Å². The van der Waals surface area contributed by atoms with Crippen LogP contribution in [-0.2, 0) is 6.54 Å². The van der Waals surface area contributed by atoms with Crippen LogP contribution in [0.3, 0.4) is 0 Å². The van der Waals surface area contributed by atoms with Crippen LogP contribution in [-0.4, -0.2) is 12.6 Å². The summed E-state index contributed by atoms with van der Waals surface area (Å²) in [5.74, 6) is 1.50. The number of rotatable bonds is 9. The van der Waals surface area contributed by atoms with Crippen LogP contribution in [0.2, 0.25) is 0 Å². The molecule has 2 amide bonds. The molecule has 0 aliphatic heterocycles. The maximum atomic E-state index is 12.9. The van der Waals surface area contributed by atoms with Crippen molar-refractivity contribution < 1.29 is 9.21 Å². The number of carbonyl (C=O) groups is 1. The summed E-state index contributed by atoms with van der Waals surface area (Å²) in [4.78, 5) is 12.9. The molecule has 0 radical (unpaired) electrons. The molecule has 5 heteroatoms. The number of para-hydroxylation sites is 1. The van der Waals surface area contributed by atoms with Gasteiger partial charge in [-0.2, -0.15) is 0 Å². The zero-order chi connectivity index (χ0) is 22.2. The van der Waals surface area contributed by atoms with Crippen molar-refractivity contribution in [3.05, 3.63) is 89.4 Å². The zero-order valence-corrected chi connectivity index (χ0v) is 18.8. The molecule has 3 aromatic rings. The van der Waals surface area contributed by atoms with E-state index in [0.717, 1.165) is 28.1 Å². The molecule has 0 saturated carbocycles. The summed E-state index contributed by atoms with van der Waals surface area (Å²) in [5, 5.41) is 9.65. The minimum Gasteiger partial charge on any atom is -0.468 e. The fourth-order valence-electron chi connectivity index (χ4n) is 3.68. The van der Waals surface area contributed by atoms with E-state index in [0.29, 0.717) is 24.9 Å². The van der Waals surface area contributed by atoms with Crippen LogP contribution < -0.4 is 16.0 Å². The lowest BCUT2D eigenvalue weighted by Gasteiger charge is -2.22. The highest BCUT2D eigenvalue weighted by Gasteiger charge is 2.17. The number of carbonyl (C=O) groups excluding carboxylic acids is 1. The third-order valence-electron chi connectivity index (χ3n) is 5.38. The van der Waals surface area contributed by atoms with Crippen LogP contribution >= 0.6 is 0 Å². The Hall–Kier alpha value is -3.05. The molecular weight excluding hydrogens is 386 g/mol. The van der Waals surface area contributed by atoms with Gasteiger partial charge in [-0.05, 0) is 40.7 Å². The molecule has 0 aliphatic rings. The van der Waals surface area contributed by atoms with Crippen molar-refractivity contribution in [1.82, 2.24) is 10.6 Å². The quantitative estimate of drug-likeness (QED) is 0.388. The Balaban J connectivity index is 1.70. The third kappa shape index (κ3) is 6.22. The molecule has 5 nitrogen and oxygen atoms in total. The average Bonchev–Trinajstić information content (AvgIpc) is 3.28. The molecule has 0 fully saturated rings. The summed E-state index contributed by atoms with van der Waals surface area (Å²) in [6, 6.07) is 19.9. The van der Waals surface area contributed by atoms with Crippen molar-refractivity contribution in [2.75, 3.05) is 11.9 Å². The predicted molar refractivity (Wildman–Crippen MR) is 126 cm³/mol. The van der Waals surface area contributed by atoms with Gasteiger partial charge in [-0.3, -0.25) is 0 Å². The Kier molecular flexibility index (Phi) is 7.90. The van der Waals surface area contributed by atoms with Gasteiger partial charge in [0.2, 0.25) is 0 Å². The standard InChI is InChI=1S/C26H33N3O2/c1-18(2)22-13-8-14-23(19(3)4)25(22)29-26(30)28-17-24(20-10-6-5-7-11-20)27-16-21-12-9-15-31-21/h5-15,18-19,24,27H,16-17H2,1-4H3,(H2,28,29,30)/t24-/m0/s1. The van der Waals surface area contributed by atoms with Crippen molar-refractivity contribution in [2.45, 2.75) is 52.1 Å². The minimum absolute atomic E-state index is 0.0399. The number of hydrogen-bond donors (Lipinski definition) is 3. The predicted octanol–water partition coefficient (Wildman–Crippen LogP) is 6.18. The number of benzene rings is 2. The van der Waals surface area contributed by atoms with Gasteiger partial charge in [-0.25, -0.2) is 4.79 Å². The van der Waals surface area contributed by atoms with E-state index >= 15 is 0 Å². The Morgan fingerprint density at radius 2 is 1.55 bits per heavy atom. The maximum absolute atomic E-state index is 12.9. The molecule has 0 spiro atoms. The van der Waals surface area contributed by atoms with E-state index in [4.69, 9.17) is 4.42 Å². The topological polar surface area (TPSA) is 66.3 Å². The first-order valence-electron chi connectivity index (χ1n) is 10.9. The zero-order valence-electron chi connectivity index (χ0n) is 18.8. The van der Waals surface area contributed by atoms with E-state index in [2.05, 4.69) is 74.0 Å². The Bertz CT molecular complexity index is 924. The van der Waals surface area contributed by atoms with Gasteiger partial charge in [0.1, 0.15) is 5.76 Å². The number of urea groups is 1. The Morgan fingerprint density at radius 1 is 0.871 bits per heavy atom. The first kappa shape index (κ1) is 22.6. The van der Waals surface area contributed by atoms with Crippen molar-refractivity contribution >= 4 is 11.7 Å². The molecule has 0 saturated heterocycles. The lowest BCUT2D eigenvalue weighted by Crippen LogP contribution is -2.37. The highest BCUT2D eigenvalue weighted by atomic mass is 16.3. The fourth-order valence-corrected chi connectivity index (χ4v) is 3.68. The van der Waals surface area contributed by atoms with Crippen molar-refractivity contribution in [2.24, 2.45) is 0 Å². The van der Waals surface area contributed by atoms with E-state index in [1.807, 2.05) is 30.3 Å². The molecule has 31 heavy (non-hydrogen) atoms. The van der Waals surface area contributed by atoms with E-state index in [1.165, 1.54) is 0 Å². The average molecular weight is 420 g/mol. The minimum atomic E-state index is -0.198. The summed E-state index contributed by atoms with van der Waals surface area (Å²) in [6.07, 6.45) is 1.67. The summed E-state index contributed by atoms with van der Waals surface area (Å²) in [5.41, 5.74) is 4.33. The van der Waals surface area contributed by atoms with Gasteiger partial charge in [0, 0.05) is 12.2 Å². The number of amides is 2. The van der Waals surface area contributed by atoms with Crippen molar-refractivity contribution in [3.63, 3.8) is 0 Å². The third-order valence-corrected chi connectivity index (χ3v) is 5.38. The molecule has 3 N–H and O–H groups in total. The Morgan fingerprint density at radius 3 is 2.13 bits per heavy atom. The van der Waals surface area contributed by atoms with Crippen LogP contribution in [0.25, 0.3) is 0 Å². The molecular formula is C26H33N3O2. The first-order chi connectivity index (χ1) is 15.0. The van der Waals surface area contributed by atoms with Gasteiger partial charge in [-0.1, -0.05) is 76.2 Å². The summed E-state index contributed by atoms with van der Waals surface area (Å²) < 4.78 is 5.43. The van der Waals surface area contributed by atoms with Gasteiger partial charge in [0.05, 0.1) is 18.8 Å². The van der Waals surface area contributed by atoms with E-state index in [9.17, 15) is 4.79 Å². The summed E-state index contributed by atoms with van der Waals surface area (Å²) in [7, 11) is 0. The van der Waals surface area contributed by atoms with E-state index in [1.54, 1.807) is 6.26 Å². The monoisotopic (exact) mass is 419 g/mol. The SMILES string of the molecule is CC(C)c1cccc(C(C)C)c1NC(=O)NC[C@H](NCc1ccco1)c1ccccc1. The number of nitrogens with one attached hydrogen (secondary N) is 3. The van der Waals surface area contributed by atoms with Gasteiger partial charge in [-0.15, -0.1) is 0 Å². The van der Waals surface area contributed by atoms with Gasteiger partial charge in [0.25, 0.3) is 0 Å². The lowest BCUT2D eigenvalue weighted by molar-refractivity contribution is 0.250. The second kappa shape index (κ2) is 10.8. The maximum Gasteiger partial charge on any atom is 0.319 e. The largest absolute Gasteiger partial charge is 0.468 e. The molecule has 2 aromatic carbocycles. The molecule has 0 bridgehead atoms. The highest BCUT2D eigenvalue weighted by Crippen LogP contribution is 2.32. The van der Waals surface area contributed by atoms with Gasteiger partial charge in [0.15, 0.2) is 0 Å². The lowest BCUT2D eigenvalue weighted by atomic mass is 9.93. The molecule has 1 heterocycles. The Labute approximate surface area is 185 Å². The summed E-state index contributed by atoms with van der Waals surface area (Å²) in [6.45, 7) is 9.62. The smallest absolute Gasteiger partial charge is 0.319 e. The molecule has 164 valence electrons. The van der Waals surface area contributed by atoms with Gasteiger partial charge < -0.3 is 20.4 Å². The normalized spacial score (nSPS) is 12.2. The van der Waals surface area contributed by atoms with Crippen LogP contribution in [0, 0.1) is 0 Å². The molecule has 0 aliphatic carbocycles. The summed E-state index contributed by atoms with van der Waals surface area (Å²) >= 11 is 0.